The van der Waals surface area contributed by atoms with Crippen LogP contribution in [-0.4, -0.2) is 37.6 Å². The van der Waals surface area contributed by atoms with Crippen LogP contribution in [0, 0.1) is 13.8 Å². The second-order valence-corrected chi connectivity index (χ2v) is 7.78. The fourth-order valence-electron chi connectivity index (χ4n) is 2.94. The molecule has 0 bridgehead atoms. The van der Waals surface area contributed by atoms with Crippen molar-refractivity contribution in [2.24, 2.45) is 5.73 Å². The van der Waals surface area contributed by atoms with Crippen molar-refractivity contribution in [1.29, 1.82) is 0 Å². The quantitative estimate of drug-likeness (QED) is 0.683. The maximum Gasteiger partial charge on any atom is 0.246 e. The van der Waals surface area contributed by atoms with Gasteiger partial charge in [-0.2, -0.15) is 4.72 Å². The second-order valence-electron chi connectivity index (χ2n) is 6.16. The molecule has 2 rings (SSSR count). The molecule has 8 nitrogen and oxygen atoms in total. The summed E-state index contributed by atoms with van der Waals surface area (Å²) in [6, 6.07) is -0.219. The third kappa shape index (κ3) is 3.56. The van der Waals surface area contributed by atoms with E-state index in [4.69, 9.17) is 10.3 Å². The Bertz CT molecular complexity index is 657. The number of hydrogen-bond donors (Lipinski definition) is 3. The van der Waals surface area contributed by atoms with E-state index < -0.39 is 15.6 Å². The van der Waals surface area contributed by atoms with Crippen molar-refractivity contribution in [3.05, 3.63) is 11.5 Å². The Kier molecular flexibility index (Phi) is 5.12. The lowest BCUT2D eigenvalue weighted by Crippen LogP contribution is -2.59. The Morgan fingerprint density at radius 2 is 2.00 bits per heavy atom. The van der Waals surface area contributed by atoms with Crippen molar-refractivity contribution in [1.82, 2.24) is 15.2 Å². The zero-order valence-electron chi connectivity index (χ0n) is 13.7. The highest BCUT2D eigenvalue weighted by Gasteiger charge is 2.45. The van der Waals surface area contributed by atoms with Crippen molar-refractivity contribution in [3.63, 3.8) is 0 Å². The zero-order chi connectivity index (χ0) is 17.3. The molecule has 0 radical (unpaired) electrons. The monoisotopic (exact) mass is 344 g/mol. The Hall–Kier alpha value is -1.45. The first-order valence-electron chi connectivity index (χ1n) is 7.70. The van der Waals surface area contributed by atoms with Gasteiger partial charge < -0.3 is 15.6 Å². The number of carbonyl (C=O) groups is 1. The van der Waals surface area contributed by atoms with Gasteiger partial charge in [-0.3, -0.25) is 4.79 Å². The molecule has 1 aliphatic rings. The molecule has 1 fully saturated rings. The number of aromatic nitrogens is 1. The molecule has 1 atom stereocenters. The van der Waals surface area contributed by atoms with Gasteiger partial charge in [0.2, 0.25) is 15.9 Å². The van der Waals surface area contributed by atoms with Gasteiger partial charge in [-0.15, -0.1) is 0 Å². The molecule has 1 aromatic rings. The maximum absolute atomic E-state index is 12.7. The average molecular weight is 344 g/mol. The largest absolute Gasteiger partial charge is 0.360 e. The van der Waals surface area contributed by atoms with Gasteiger partial charge in [0.25, 0.3) is 0 Å². The van der Waals surface area contributed by atoms with E-state index in [-0.39, 0.29) is 28.3 Å². The molecule has 9 heteroatoms. The highest BCUT2D eigenvalue weighted by molar-refractivity contribution is 7.89. The van der Waals surface area contributed by atoms with Gasteiger partial charge >= 0.3 is 0 Å². The molecular weight excluding hydrogens is 320 g/mol. The molecule has 0 aliphatic heterocycles. The minimum absolute atomic E-state index is 0.00319. The lowest BCUT2D eigenvalue weighted by molar-refractivity contribution is -0.127. The average Bonchev–Trinajstić information content (AvgIpc) is 3.06. The van der Waals surface area contributed by atoms with Gasteiger partial charge in [-0.05, 0) is 33.6 Å². The number of sulfonamides is 1. The molecule has 0 unspecified atom stereocenters. The summed E-state index contributed by atoms with van der Waals surface area (Å²) < 4.78 is 33.0. The predicted molar refractivity (Wildman–Crippen MR) is 84.2 cm³/mol. The van der Waals surface area contributed by atoms with Crippen LogP contribution in [-0.2, 0) is 14.8 Å². The van der Waals surface area contributed by atoms with Crippen molar-refractivity contribution in [2.75, 3.05) is 6.54 Å². The summed E-state index contributed by atoms with van der Waals surface area (Å²) in [6.45, 7) is 5.16. The Balaban J connectivity index is 2.31. The SMILES string of the molecule is Cc1noc(C)c1S(=O)(=O)NC1(C(=O)N[C@@H](C)CN)CCCC1. The van der Waals surface area contributed by atoms with Crippen LogP contribution in [0.15, 0.2) is 9.42 Å². The summed E-state index contributed by atoms with van der Waals surface area (Å²) >= 11 is 0. The Morgan fingerprint density at radius 3 is 2.48 bits per heavy atom. The van der Waals surface area contributed by atoms with Crippen molar-refractivity contribution < 1.29 is 17.7 Å². The van der Waals surface area contributed by atoms with Gasteiger partial charge in [0.05, 0.1) is 0 Å². The zero-order valence-corrected chi connectivity index (χ0v) is 14.5. The fraction of sp³-hybridized carbons (Fsp3) is 0.714. The molecule has 1 aliphatic carbocycles. The molecule has 23 heavy (non-hydrogen) atoms. The number of aryl methyl sites for hydroxylation is 2. The molecule has 1 amide bonds. The summed E-state index contributed by atoms with van der Waals surface area (Å²) in [5.74, 6) is -0.123. The van der Waals surface area contributed by atoms with Crippen LogP contribution >= 0.6 is 0 Å². The van der Waals surface area contributed by atoms with Crippen LogP contribution in [0.1, 0.15) is 44.1 Å². The molecule has 0 aromatic carbocycles. The van der Waals surface area contributed by atoms with Crippen molar-refractivity contribution >= 4 is 15.9 Å². The topological polar surface area (TPSA) is 127 Å². The first kappa shape index (κ1) is 17.9. The molecule has 4 N–H and O–H groups in total. The molecule has 0 spiro atoms. The molecule has 1 heterocycles. The molecule has 1 aromatic heterocycles. The summed E-state index contributed by atoms with van der Waals surface area (Å²) in [7, 11) is -3.91. The number of rotatable bonds is 6. The highest BCUT2D eigenvalue weighted by atomic mass is 32.2. The van der Waals surface area contributed by atoms with E-state index in [1.54, 1.807) is 13.8 Å². The van der Waals surface area contributed by atoms with Crippen molar-refractivity contribution in [3.8, 4) is 0 Å². The number of nitrogens with two attached hydrogens (primary N) is 1. The van der Waals surface area contributed by atoms with Crippen LogP contribution in [0.5, 0.6) is 0 Å². The summed E-state index contributed by atoms with van der Waals surface area (Å²) in [6.07, 6.45) is 2.49. The minimum Gasteiger partial charge on any atom is -0.360 e. The van der Waals surface area contributed by atoms with Crippen LogP contribution in [0.4, 0.5) is 0 Å². The van der Waals surface area contributed by atoms with E-state index in [0.717, 1.165) is 12.8 Å². The molecule has 1 saturated carbocycles. The van der Waals surface area contributed by atoms with Crippen LogP contribution in [0.2, 0.25) is 0 Å². The van der Waals surface area contributed by atoms with E-state index in [1.807, 2.05) is 0 Å². The van der Waals surface area contributed by atoms with Gasteiger partial charge in [-0.1, -0.05) is 18.0 Å². The number of carbonyl (C=O) groups excluding carboxylic acids is 1. The third-order valence-electron chi connectivity index (χ3n) is 4.19. The number of hydrogen-bond acceptors (Lipinski definition) is 6. The van der Waals surface area contributed by atoms with Gasteiger partial charge in [0.15, 0.2) is 5.76 Å². The first-order chi connectivity index (χ1) is 10.7. The third-order valence-corrected chi connectivity index (χ3v) is 5.97. The minimum atomic E-state index is -3.91. The highest BCUT2D eigenvalue weighted by Crippen LogP contribution is 2.32. The smallest absolute Gasteiger partial charge is 0.246 e. The normalized spacial score (nSPS) is 18.8. The van der Waals surface area contributed by atoms with Crippen LogP contribution in [0.25, 0.3) is 0 Å². The van der Waals surface area contributed by atoms with Gasteiger partial charge in [-0.25, -0.2) is 8.42 Å². The van der Waals surface area contributed by atoms with E-state index in [1.165, 1.54) is 6.92 Å². The lowest BCUT2D eigenvalue weighted by Gasteiger charge is -2.30. The predicted octanol–water partition coefficient (Wildman–Crippen LogP) is 0.346. The first-order valence-corrected chi connectivity index (χ1v) is 9.18. The summed E-state index contributed by atoms with van der Waals surface area (Å²) in [4.78, 5) is 12.6. The van der Waals surface area contributed by atoms with Crippen LogP contribution in [0.3, 0.4) is 0 Å². The van der Waals surface area contributed by atoms with E-state index >= 15 is 0 Å². The lowest BCUT2D eigenvalue weighted by atomic mass is 9.97. The van der Waals surface area contributed by atoms with Gasteiger partial charge in [0.1, 0.15) is 16.1 Å². The standard InChI is InChI=1S/C14H24N4O4S/c1-9(8-15)16-13(19)14(6-4-5-7-14)18-23(20,21)12-10(2)17-22-11(12)3/h9,18H,4-8,15H2,1-3H3,(H,16,19)/t9-/m0/s1. The number of amides is 1. The molecular formula is C14H24N4O4S. The number of nitrogens with zero attached hydrogens (tertiary/aromatic N) is 1. The summed E-state index contributed by atoms with van der Waals surface area (Å²) in [5, 5.41) is 6.45. The van der Waals surface area contributed by atoms with Gasteiger partial charge in [0, 0.05) is 12.6 Å². The summed E-state index contributed by atoms with van der Waals surface area (Å²) in [5.41, 5.74) is 4.67. The van der Waals surface area contributed by atoms with E-state index in [2.05, 4.69) is 15.2 Å². The fourth-order valence-corrected chi connectivity index (χ4v) is 4.70. The second kappa shape index (κ2) is 6.58. The van der Waals surface area contributed by atoms with Crippen molar-refractivity contribution in [2.45, 2.75) is 62.9 Å². The Labute approximate surface area is 136 Å². The van der Waals surface area contributed by atoms with E-state index in [0.29, 0.717) is 19.4 Å². The van der Waals surface area contributed by atoms with Crippen LogP contribution < -0.4 is 15.8 Å². The number of nitrogens with one attached hydrogen (secondary N) is 2. The maximum atomic E-state index is 12.7. The molecule has 0 saturated heterocycles. The Morgan fingerprint density at radius 1 is 1.39 bits per heavy atom. The molecule has 130 valence electrons. The van der Waals surface area contributed by atoms with E-state index in [9.17, 15) is 13.2 Å².